The van der Waals surface area contributed by atoms with Crippen molar-refractivity contribution >= 4 is 70.9 Å². The molecule has 91 heavy (non-hydrogen) atoms. The molecule has 7 rings (SSSR count). The molecule has 8 amide bonds. The Hall–Kier alpha value is -7.48. The predicted octanol–water partition coefficient (Wildman–Crippen LogP) is -1.41. The molecule has 0 saturated carbocycles. The molecular weight excluding hydrogens is 1240 g/mol. The Bertz CT molecular complexity index is 3160. The number of benzene rings is 2. The number of aliphatic hydroxyl groups is 7. The van der Waals surface area contributed by atoms with Gasteiger partial charge in [-0.15, -0.1) is 10.2 Å². The molecule has 3 saturated heterocycles. The number of phenols is 1. The summed E-state index contributed by atoms with van der Waals surface area (Å²) in [5.41, 5.74) is 6.39. The number of nitrogens with two attached hydrogens (primary N) is 1. The van der Waals surface area contributed by atoms with Crippen molar-refractivity contribution in [1.29, 1.82) is 0 Å². The van der Waals surface area contributed by atoms with Gasteiger partial charge in [-0.3, -0.25) is 43.0 Å². The van der Waals surface area contributed by atoms with Gasteiger partial charge in [0.25, 0.3) is 18.2 Å². The Morgan fingerprint density at radius 3 is 2.11 bits per heavy atom. The lowest BCUT2D eigenvalue weighted by Gasteiger charge is -2.34. The number of phenolic OH excluding ortho intramolecular Hbond substituents is 1. The number of amides is 8. The maximum Gasteiger partial charge on any atom is 0.261 e. The van der Waals surface area contributed by atoms with Gasteiger partial charge in [-0.25, -0.2) is 5.26 Å². The van der Waals surface area contributed by atoms with E-state index in [-0.39, 0.29) is 23.5 Å². The maximum absolute atomic E-state index is 14.7. The highest BCUT2D eigenvalue weighted by Gasteiger charge is 2.50. The van der Waals surface area contributed by atoms with Gasteiger partial charge in [0, 0.05) is 62.3 Å². The van der Waals surface area contributed by atoms with E-state index in [1.165, 1.54) is 68.9 Å². The van der Waals surface area contributed by atoms with Crippen LogP contribution in [0.25, 0.3) is 21.1 Å². The number of hydrogen-bond donors (Lipinski definition) is 15. The first-order valence-electron chi connectivity index (χ1n) is 29.7. The number of aryl methyl sites for hydroxylation is 1. The molecule has 0 aliphatic carbocycles. The summed E-state index contributed by atoms with van der Waals surface area (Å²) in [5.74, 6) is -11.9. The van der Waals surface area contributed by atoms with Gasteiger partial charge in [0.1, 0.15) is 53.5 Å². The van der Waals surface area contributed by atoms with Crippen LogP contribution < -0.4 is 36.5 Å². The van der Waals surface area contributed by atoms with Crippen molar-refractivity contribution < 1.29 is 98.0 Å². The smallest absolute Gasteiger partial charge is 0.261 e. The van der Waals surface area contributed by atoms with E-state index in [0.29, 0.717) is 15.6 Å². The van der Waals surface area contributed by atoms with E-state index < -0.39 is 183 Å². The van der Waals surface area contributed by atoms with Crippen LogP contribution in [0.2, 0.25) is 0 Å². The van der Waals surface area contributed by atoms with E-state index in [4.69, 9.17) is 15.2 Å². The van der Waals surface area contributed by atoms with Crippen LogP contribution in [0.1, 0.15) is 113 Å². The number of carbonyl (C=O) groups is 8. The number of rotatable bonds is 24. The fourth-order valence-corrected chi connectivity index (χ4v) is 12.0. The van der Waals surface area contributed by atoms with E-state index in [0.717, 1.165) is 59.9 Å². The second-order valence-electron chi connectivity index (χ2n) is 22.8. The summed E-state index contributed by atoms with van der Waals surface area (Å²) in [6.45, 7) is 3.66. The number of carbonyl (C=O) groups excluding carboxylic acids is 8. The Labute approximate surface area is 530 Å². The standard InChI is InChI=1S/C57H78N12O20S2/c1-4-5-6-7-8-9-10-11-18-67-26-33(23-60-67)55-66-65-54(90-55)31-14-12-30(13-15-31)49(79)61-36-20-34(71)24-59-53(83)45-46(76)28(2)25-69(45)57(85)43(39(74)22-41(58)75)63-52(82)44(48(78)47(77)32-16-17-38(73)40(19-32)87-91-89-88-86)64-51(81)37-21-35(72)27-68(37)56(84)42(29(3)70)62-50(36)80/h12-17,19,23,26,28-29,34-37,39,42-48,70-74,76-78,86H,4-11,18,20-22,24-25,27H2,1-3H3,(H2,58,75)(H,59,83)(H,61,79)(H,62,80)(H,63,82)(H,64,81). The number of nitrogens with one attached hydrogen (secondary N) is 5. The summed E-state index contributed by atoms with van der Waals surface area (Å²) in [6, 6.07) is -3.30. The minimum absolute atomic E-state index is 0.00480. The zero-order valence-electron chi connectivity index (χ0n) is 50.0. The Kier molecular flexibility index (Phi) is 25.9. The summed E-state index contributed by atoms with van der Waals surface area (Å²) in [7, 11) is 0. The molecule has 14 unspecified atom stereocenters. The van der Waals surface area contributed by atoms with E-state index >= 15 is 0 Å². The summed E-state index contributed by atoms with van der Waals surface area (Å²) >= 11 is 1.27. The van der Waals surface area contributed by atoms with Crippen molar-refractivity contribution in [2.24, 2.45) is 11.7 Å². The van der Waals surface area contributed by atoms with Crippen LogP contribution in [-0.4, -0.2) is 216 Å². The van der Waals surface area contributed by atoms with Gasteiger partial charge in [0.05, 0.1) is 48.7 Å². The predicted molar refractivity (Wildman–Crippen MR) is 320 cm³/mol. The van der Waals surface area contributed by atoms with Gasteiger partial charge in [0.2, 0.25) is 41.4 Å². The van der Waals surface area contributed by atoms with Gasteiger partial charge in [-0.05, 0) is 43.2 Å². The molecule has 0 spiro atoms. The molecule has 0 radical (unpaired) electrons. The van der Waals surface area contributed by atoms with Gasteiger partial charge in [0.15, 0.2) is 16.5 Å². The average Bonchev–Trinajstić information content (AvgIpc) is 1.91. The van der Waals surface area contributed by atoms with E-state index in [1.54, 1.807) is 18.3 Å². The van der Waals surface area contributed by atoms with E-state index in [1.807, 2.05) is 10.9 Å². The largest absolute Gasteiger partial charge is 0.504 e. The molecule has 498 valence electrons. The highest BCUT2D eigenvalue weighted by Crippen LogP contribution is 2.35. The number of fused-ring (bicyclic) bond motifs is 2. The number of aromatic nitrogens is 4. The monoisotopic (exact) mass is 1310 g/mol. The van der Waals surface area contributed by atoms with Crippen LogP contribution in [0.3, 0.4) is 0 Å². The van der Waals surface area contributed by atoms with Crippen molar-refractivity contribution in [2.45, 2.75) is 177 Å². The van der Waals surface area contributed by atoms with Crippen molar-refractivity contribution in [1.82, 2.24) is 56.4 Å². The molecule has 16 N–H and O–H groups in total. The number of aliphatic hydroxyl groups excluding tert-OH is 7. The first kappa shape index (κ1) is 71.0. The second kappa shape index (κ2) is 33.2. The zero-order valence-corrected chi connectivity index (χ0v) is 51.6. The molecular formula is C57H78N12O20S2. The van der Waals surface area contributed by atoms with Crippen molar-refractivity contribution in [3.05, 3.63) is 66.0 Å². The molecule has 5 heterocycles. The zero-order chi connectivity index (χ0) is 66.2. The number of hydrogen-bond acceptors (Lipinski definition) is 25. The lowest BCUT2D eigenvalue weighted by atomic mass is 9.96. The van der Waals surface area contributed by atoms with Gasteiger partial charge in [-0.2, -0.15) is 5.10 Å². The van der Waals surface area contributed by atoms with E-state index in [2.05, 4.69) is 58.2 Å². The maximum atomic E-state index is 14.7. The van der Waals surface area contributed by atoms with Crippen LogP contribution in [0.15, 0.2) is 54.9 Å². The molecule has 3 aliphatic rings. The van der Waals surface area contributed by atoms with E-state index in [9.17, 15) is 79.2 Å². The number of β-amino-alcohol motifs (C(OH)–C–C–N with tert-alkyl or cyclic N) is 1. The highest BCUT2D eigenvalue weighted by atomic mass is 32.2. The molecule has 3 aliphatic heterocycles. The first-order chi connectivity index (χ1) is 43.4. The van der Waals surface area contributed by atoms with Gasteiger partial charge < -0.3 is 87.2 Å². The summed E-state index contributed by atoms with van der Waals surface area (Å²) in [4.78, 5) is 115. The van der Waals surface area contributed by atoms with Crippen molar-refractivity contribution in [3.8, 4) is 32.6 Å². The fraction of sp³-hybridized carbons (Fsp3) is 0.561. The summed E-state index contributed by atoms with van der Waals surface area (Å²) in [5, 5.41) is 128. The lowest BCUT2D eigenvalue weighted by molar-refractivity contribution is -0.433. The van der Waals surface area contributed by atoms with Crippen LogP contribution in [0, 0.1) is 5.92 Å². The number of unbranched alkanes of at least 4 members (excludes halogenated alkanes) is 7. The normalized spacial score (nSPS) is 25.2. The van der Waals surface area contributed by atoms with Crippen molar-refractivity contribution in [2.75, 3.05) is 19.6 Å². The topological polar surface area (TPSA) is 483 Å². The number of aromatic hydroxyl groups is 1. The third-order valence-electron chi connectivity index (χ3n) is 15.9. The minimum Gasteiger partial charge on any atom is -0.504 e. The minimum atomic E-state index is -2.53. The van der Waals surface area contributed by atoms with Crippen LogP contribution in [0.4, 0.5) is 0 Å². The molecule has 2 aromatic carbocycles. The highest BCUT2D eigenvalue weighted by molar-refractivity contribution is 7.90. The summed E-state index contributed by atoms with van der Waals surface area (Å²) in [6.07, 6.45) is -3.04. The Morgan fingerprint density at radius 2 is 1.44 bits per heavy atom. The molecule has 32 nitrogen and oxygen atoms in total. The SMILES string of the molecule is CCCCCCCCCCn1cc(-c2nnc(-c3ccc(C(=O)NC4CC(O)CNC(=O)C5C(O)C(C)CN5C(=O)C(C(O)CC(N)=O)NC(=O)C(C(O)C(O)c5ccc(O)c(OSOOO)c5)NC(=O)C5CC(O)CN5C(=O)C(C(C)O)NC4=O)cc3)s2)cn1. The lowest BCUT2D eigenvalue weighted by Crippen LogP contribution is -2.64. The molecule has 14 atom stereocenters. The van der Waals surface area contributed by atoms with Gasteiger partial charge >= 0.3 is 0 Å². The third kappa shape index (κ3) is 18.6. The molecule has 0 bridgehead atoms. The quantitative estimate of drug-likeness (QED) is 0.0166. The van der Waals surface area contributed by atoms with Crippen LogP contribution >= 0.6 is 23.7 Å². The molecule has 2 aromatic heterocycles. The van der Waals surface area contributed by atoms with Crippen LogP contribution in [0.5, 0.6) is 11.5 Å². The number of primary amides is 1. The number of nitrogens with zero attached hydrogens (tertiary/aromatic N) is 6. The third-order valence-corrected chi connectivity index (χ3v) is 17.3. The fourth-order valence-electron chi connectivity index (χ4n) is 10.9. The Morgan fingerprint density at radius 1 is 0.791 bits per heavy atom. The van der Waals surface area contributed by atoms with Crippen molar-refractivity contribution in [3.63, 3.8) is 0 Å². The summed E-state index contributed by atoms with van der Waals surface area (Å²) < 4.78 is 11.1. The molecule has 3 fully saturated rings. The average molecular weight is 1320 g/mol. The second-order valence-corrected chi connectivity index (χ2v) is 24.2. The Balaban J connectivity index is 1.17. The first-order valence-corrected chi connectivity index (χ1v) is 31.2. The van der Waals surface area contributed by atoms with Crippen LogP contribution in [-0.2, 0) is 49.5 Å². The molecule has 4 aromatic rings. The van der Waals surface area contributed by atoms with Gasteiger partial charge in [-0.1, -0.05) is 97.7 Å². The molecule has 34 heteroatoms.